The molecule has 0 saturated carbocycles. The van der Waals surface area contributed by atoms with Crippen molar-refractivity contribution in [1.29, 1.82) is 0 Å². The van der Waals surface area contributed by atoms with E-state index >= 15 is 0 Å². The average Bonchev–Trinajstić information content (AvgIpc) is 3.76. The Morgan fingerprint density at radius 1 is 0.345 bits per heavy atom. The summed E-state index contributed by atoms with van der Waals surface area (Å²) in [7, 11) is 0. The molecule has 0 bridgehead atoms. The summed E-state index contributed by atoms with van der Waals surface area (Å²) in [6.07, 6.45) is 0. The molecule has 10 heteroatoms. The number of phenols is 5. The third kappa shape index (κ3) is 4.78. The highest BCUT2D eigenvalue weighted by Gasteiger charge is 2.29. The molecule has 0 aliphatic carbocycles. The van der Waals surface area contributed by atoms with Crippen molar-refractivity contribution in [2.24, 2.45) is 0 Å². The Morgan fingerprint density at radius 2 is 0.800 bits per heavy atom. The van der Waals surface area contributed by atoms with Gasteiger partial charge < -0.3 is 30.1 Å². The summed E-state index contributed by atoms with van der Waals surface area (Å²) in [4.78, 5) is 14.6. The zero-order chi connectivity index (χ0) is 37.4. The fourth-order valence-electron chi connectivity index (χ4n) is 7.60. The number of benzene rings is 7. The Labute approximate surface area is 312 Å². The molecule has 0 atom stereocenters. The van der Waals surface area contributed by atoms with Crippen LogP contribution in [0.1, 0.15) is 0 Å². The van der Waals surface area contributed by atoms with Crippen LogP contribution >= 0.6 is 0 Å². The van der Waals surface area contributed by atoms with E-state index in [0.717, 1.165) is 60.4 Å². The number of para-hydroxylation sites is 3. The van der Waals surface area contributed by atoms with E-state index in [4.69, 9.17) is 9.97 Å². The molecule has 10 nitrogen and oxygen atoms in total. The van der Waals surface area contributed by atoms with Crippen LogP contribution in [0.15, 0.2) is 146 Å². The van der Waals surface area contributed by atoms with Gasteiger partial charge in [0.25, 0.3) is 0 Å². The molecule has 0 spiro atoms. The van der Waals surface area contributed by atoms with Gasteiger partial charge in [-0.2, -0.15) is 9.97 Å². The molecule has 5 N–H and O–H groups in total. The number of rotatable bonds is 5. The molecule has 0 fully saturated rings. The van der Waals surface area contributed by atoms with Crippen LogP contribution in [0.5, 0.6) is 28.7 Å². The summed E-state index contributed by atoms with van der Waals surface area (Å²) in [5, 5.41) is 57.6. The van der Waals surface area contributed by atoms with Gasteiger partial charge >= 0.3 is 0 Å². The van der Waals surface area contributed by atoms with Crippen LogP contribution in [-0.4, -0.2) is 49.6 Å². The van der Waals surface area contributed by atoms with E-state index in [1.807, 2.05) is 114 Å². The monoisotopic (exact) mass is 719 g/mol. The van der Waals surface area contributed by atoms with Gasteiger partial charge in [0, 0.05) is 32.8 Å². The number of phenolic OH excluding ortho intramolecular Hbond substituents is 5. The van der Waals surface area contributed by atoms with Crippen LogP contribution in [0.25, 0.3) is 89.2 Å². The lowest BCUT2D eigenvalue weighted by Crippen LogP contribution is -2.07. The summed E-state index contributed by atoms with van der Waals surface area (Å²) in [6, 6.07) is 48.0. The standard InChI is InChI=1S/C45H29N5O5/c51-38-35(39(52)41(54)42(55)40(38)53)44-46-43(27-21-19-26(20-22-27)25-11-3-1-4-12-25)47-45(48-44)50-34-18-10-8-16-30(34)32-24-23-31-29-15-7-9-17-33(29)49(36(31)37(32)50)28-13-5-2-6-14-28/h1-24,51-55H. The van der Waals surface area contributed by atoms with E-state index < -0.39 is 34.3 Å². The lowest BCUT2D eigenvalue weighted by Gasteiger charge is -2.15. The maximum atomic E-state index is 11.1. The molecular weight excluding hydrogens is 691 g/mol. The molecule has 55 heavy (non-hydrogen) atoms. The van der Waals surface area contributed by atoms with E-state index in [0.29, 0.717) is 5.56 Å². The molecule has 264 valence electrons. The van der Waals surface area contributed by atoms with Crippen LogP contribution in [0, 0.1) is 0 Å². The van der Waals surface area contributed by atoms with Gasteiger partial charge in [-0.3, -0.25) is 4.57 Å². The van der Waals surface area contributed by atoms with Crippen molar-refractivity contribution in [2.45, 2.75) is 0 Å². The van der Waals surface area contributed by atoms with Crippen molar-refractivity contribution in [1.82, 2.24) is 24.1 Å². The number of fused-ring (bicyclic) bond motifs is 7. The summed E-state index contributed by atoms with van der Waals surface area (Å²) >= 11 is 0. The number of hydrogen-bond donors (Lipinski definition) is 5. The number of aromatic hydroxyl groups is 5. The number of nitrogens with zero attached hydrogens (tertiary/aromatic N) is 5. The van der Waals surface area contributed by atoms with E-state index in [9.17, 15) is 25.5 Å². The van der Waals surface area contributed by atoms with Gasteiger partial charge in [0.15, 0.2) is 23.1 Å². The molecule has 3 aromatic heterocycles. The Morgan fingerprint density at radius 3 is 1.42 bits per heavy atom. The van der Waals surface area contributed by atoms with E-state index in [1.54, 1.807) is 0 Å². The second kappa shape index (κ2) is 12.1. The lowest BCUT2D eigenvalue weighted by atomic mass is 10.0. The fourth-order valence-corrected chi connectivity index (χ4v) is 7.60. The van der Waals surface area contributed by atoms with Crippen molar-refractivity contribution in [3.63, 3.8) is 0 Å². The molecule has 0 radical (unpaired) electrons. The molecule has 0 aliphatic rings. The SMILES string of the molecule is Oc1c(O)c(O)c(-c2nc(-c3ccc(-c4ccccc4)cc3)nc(-n3c4ccccc4c4ccc5c6ccccc6n(-c6ccccc6)c5c43)n2)c(O)c1O. The topological polar surface area (TPSA) is 150 Å². The van der Waals surface area contributed by atoms with Crippen molar-refractivity contribution in [3.8, 4) is 74.3 Å². The van der Waals surface area contributed by atoms with Crippen LogP contribution in [0.4, 0.5) is 0 Å². The molecular formula is C45H29N5O5. The van der Waals surface area contributed by atoms with Crippen molar-refractivity contribution in [2.75, 3.05) is 0 Å². The minimum absolute atomic E-state index is 0.140. The van der Waals surface area contributed by atoms with Crippen LogP contribution in [0.2, 0.25) is 0 Å². The average molecular weight is 720 g/mol. The van der Waals surface area contributed by atoms with Crippen LogP contribution in [0.3, 0.4) is 0 Å². The van der Waals surface area contributed by atoms with E-state index in [2.05, 4.69) is 45.9 Å². The maximum absolute atomic E-state index is 11.1. The zero-order valence-electron chi connectivity index (χ0n) is 28.8. The normalized spacial score (nSPS) is 11.6. The first-order valence-corrected chi connectivity index (χ1v) is 17.5. The van der Waals surface area contributed by atoms with Crippen LogP contribution < -0.4 is 0 Å². The smallest absolute Gasteiger partial charge is 0.238 e. The second-order valence-electron chi connectivity index (χ2n) is 13.2. The van der Waals surface area contributed by atoms with Gasteiger partial charge in [0.05, 0.1) is 22.1 Å². The molecule has 0 aliphatic heterocycles. The Hall–Kier alpha value is -7.85. The summed E-state index contributed by atoms with van der Waals surface area (Å²) in [6.45, 7) is 0. The van der Waals surface area contributed by atoms with Crippen molar-refractivity contribution < 1.29 is 25.5 Å². The Bertz CT molecular complexity index is 3110. The second-order valence-corrected chi connectivity index (χ2v) is 13.2. The van der Waals surface area contributed by atoms with Gasteiger partial charge in [-0.1, -0.05) is 121 Å². The maximum Gasteiger partial charge on any atom is 0.238 e. The molecule has 0 amide bonds. The summed E-state index contributed by atoms with van der Waals surface area (Å²) in [5.41, 5.74) is 6.56. The van der Waals surface area contributed by atoms with Crippen LogP contribution in [-0.2, 0) is 0 Å². The first-order chi connectivity index (χ1) is 26.9. The fraction of sp³-hybridized carbons (Fsp3) is 0. The van der Waals surface area contributed by atoms with E-state index in [1.165, 1.54) is 0 Å². The predicted octanol–water partition coefficient (Wildman–Crippen LogP) is 9.59. The molecule has 10 rings (SSSR count). The summed E-state index contributed by atoms with van der Waals surface area (Å²) < 4.78 is 4.16. The van der Waals surface area contributed by atoms with Crippen molar-refractivity contribution in [3.05, 3.63) is 146 Å². The first kappa shape index (κ1) is 31.9. The highest BCUT2D eigenvalue weighted by atomic mass is 16.4. The van der Waals surface area contributed by atoms with Crippen molar-refractivity contribution >= 4 is 43.6 Å². The number of hydrogen-bond acceptors (Lipinski definition) is 8. The minimum atomic E-state index is -1.08. The first-order valence-electron chi connectivity index (χ1n) is 17.5. The van der Waals surface area contributed by atoms with E-state index in [-0.39, 0.29) is 17.6 Å². The van der Waals surface area contributed by atoms with Gasteiger partial charge in [0.2, 0.25) is 23.2 Å². The predicted molar refractivity (Wildman–Crippen MR) is 213 cm³/mol. The Kier molecular flexibility index (Phi) is 7.01. The third-order valence-electron chi connectivity index (χ3n) is 10.2. The van der Waals surface area contributed by atoms with Gasteiger partial charge in [-0.05, 0) is 35.4 Å². The largest absolute Gasteiger partial charge is 0.504 e. The zero-order valence-corrected chi connectivity index (χ0v) is 28.8. The molecule has 0 unspecified atom stereocenters. The summed E-state index contributed by atoms with van der Waals surface area (Å²) in [5.74, 6) is -4.90. The highest BCUT2D eigenvalue weighted by Crippen LogP contribution is 2.54. The lowest BCUT2D eigenvalue weighted by molar-refractivity contribution is 0.329. The molecule has 3 heterocycles. The quantitative estimate of drug-likeness (QED) is 0.0872. The number of aromatic nitrogens is 5. The molecule has 0 saturated heterocycles. The van der Waals surface area contributed by atoms with Gasteiger partial charge in [0.1, 0.15) is 5.56 Å². The molecule has 7 aromatic carbocycles. The minimum Gasteiger partial charge on any atom is -0.504 e. The molecule has 10 aromatic rings. The highest BCUT2D eigenvalue weighted by molar-refractivity contribution is 6.23. The Balaban J connectivity index is 1.33. The van der Waals surface area contributed by atoms with Gasteiger partial charge in [-0.15, -0.1) is 0 Å². The third-order valence-corrected chi connectivity index (χ3v) is 10.2. The van der Waals surface area contributed by atoms with Gasteiger partial charge in [-0.25, -0.2) is 4.98 Å².